The molecular formula is C15H10F2O. The largest absolute Gasteiger partial charge is 0.489 e. The molecule has 0 N–H and O–H groups in total. The molecule has 0 fully saturated rings. The van der Waals surface area contributed by atoms with Crippen molar-refractivity contribution in [2.24, 2.45) is 0 Å². The normalized spacial score (nSPS) is 9.83. The lowest BCUT2D eigenvalue weighted by molar-refractivity contribution is 0.292. The molecule has 0 aromatic heterocycles. The molecule has 0 unspecified atom stereocenters. The zero-order valence-electron chi connectivity index (χ0n) is 9.49. The molecular weight excluding hydrogens is 234 g/mol. The van der Waals surface area contributed by atoms with Crippen molar-refractivity contribution in [1.82, 2.24) is 0 Å². The third kappa shape index (κ3) is 2.67. The summed E-state index contributed by atoms with van der Waals surface area (Å²) >= 11 is 0. The van der Waals surface area contributed by atoms with E-state index in [9.17, 15) is 8.78 Å². The molecule has 2 aromatic carbocycles. The maximum absolute atomic E-state index is 13.3. The van der Waals surface area contributed by atoms with Crippen LogP contribution in [0.2, 0.25) is 0 Å². The second kappa shape index (κ2) is 5.33. The molecule has 0 atom stereocenters. The van der Waals surface area contributed by atoms with Crippen LogP contribution in [0, 0.1) is 24.0 Å². The first-order chi connectivity index (χ1) is 8.70. The monoisotopic (exact) mass is 244 g/mol. The Balaban J connectivity index is 2.14. The van der Waals surface area contributed by atoms with Gasteiger partial charge in [-0.3, -0.25) is 0 Å². The van der Waals surface area contributed by atoms with Gasteiger partial charge in [0.05, 0.1) is 5.56 Å². The fourth-order valence-electron chi connectivity index (χ4n) is 1.50. The molecule has 3 heteroatoms. The van der Waals surface area contributed by atoms with Gasteiger partial charge >= 0.3 is 0 Å². The molecule has 0 saturated heterocycles. The van der Waals surface area contributed by atoms with Crippen molar-refractivity contribution in [1.29, 1.82) is 0 Å². The van der Waals surface area contributed by atoms with Gasteiger partial charge in [0.2, 0.25) is 0 Å². The summed E-state index contributed by atoms with van der Waals surface area (Å²) in [4.78, 5) is 0. The Morgan fingerprint density at radius 1 is 1.06 bits per heavy atom. The highest BCUT2D eigenvalue weighted by atomic mass is 19.1. The number of benzene rings is 2. The molecule has 2 rings (SSSR count). The van der Waals surface area contributed by atoms with E-state index in [2.05, 4.69) is 5.92 Å². The summed E-state index contributed by atoms with van der Waals surface area (Å²) in [6.07, 6.45) is 5.25. The van der Waals surface area contributed by atoms with E-state index in [-0.39, 0.29) is 12.2 Å². The number of hydrogen-bond acceptors (Lipinski definition) is 1. The standard InChI is InChI=1S/C15H10F2O/c1-2-11-5-3-6-12(9-11)18-10-13-14(16)7-4-8-15(13)17/h1,3-9H,10H2. The minimum absolute atomic E-state index is 0.0939. The fraction of sp³-hybridized carbons (Fsp3) is 0.0667. The van der Waals surface area contributed by atoms with E-state index in [1.165, 1.54) is 18.2 Å². The van der Waals surface area contributed by atoms with Crippen LogP contribution in [-0.4, -0.2) is 0 Å². The summed E-state index contributed by atoms with van der Waals surface area (Å²) in [6, 6.07) is 10.5. The predicted molar refractivity (Wildman–Crippen MR) is 65.1 cm³/mol. The molecule has 0 aliphatic carbocycles. The average molecular weight is 244 g/mol. The summed E-state index contributed by atoms with van der Waals surface area (Å²) in [7, 11) is 0. The van der Waals surface area contributed by atoms with E-state index in [1.807, 2.05) is 0 Å². The minimum atomic E-state index is -0.622. The maximum atomic E-state index is 13.3. The van der Waals surface area contributed by atoms with Crippen LogP contribution in [0.25, 0.3) is 0 Å². The Hall–Kier alpha value is -2.34. The zero-order valence-corrected chi connectivity index (χ0v) is 9.49. The van der Waals surface area contributed by atoms with Gasteiger partial charge in [0.15, 0.2) is 0 Å². The molecule has 0 amide bonds. The quantitative estimate of drug-likeness (QED) is 0.750. The number of ether oxygens (including phenoxy) is 1. The van der Waals surface area contributed by atoms with Crippen LogP contribution in [0.4, 0.5) is 8.78 Å². The van der Waals surface area contributed by atoms with E-state index in [4.69, 9.17) is 11.2 Å². The molecule has 2 aromatic rings. The Morgan fingerprint density at radius 3 is 2.39 bits per heavy atom. The van der Waals surface area contributed by atoms with Crippen molar-refractivity contribution in [3.05, 3.63) is 65.2 Å². The topological polar surface area (TPSA) is 9.23 Å². The summed E-state index contributed by atoms with van der Waals surface area (Å²) < 4.78 is 32.0. The van der Waals surface area contributed by atoms with Crippen molar-refractivity contribution >= 4 is 0 Å². The highest BCUT2D eigenvalue weighted by molar-refractivity contribution is 5.38. The van der Waals surface area contributed by atoms with Crippen LogP contribution >= 0.6 is 0 Å². The van der Waals surface area contributed by atoms with Crippen molar-refractivity contribution < 1.29 is 13.5 Å². The first-order valence-electron chi connectivity index (χ1n) is 5.33. The first-order valence-corrected chi connectivity index (χ1v) is 5.33. The average Bonchev–Trinajstić information content (AvgIpc) is 2.38. The second-order valence-corrected chi connectivity index (χ2v) is 3.66. The van der Waals surface area contributed by atoms with Gasteiger partial charge in [-0.05, 0) is 30.3 Å². The molecule has 0 radical (unpaired) electrons. The van der Waals surface area contributed by atoms with Crippen molar-refractivity contribution in [3.8, 4) is 18.1 Å². The van der Waals surface area contributed by atoms with Crippen molar-refractivity contribution in [2.45, 2.75) is 6.61 Å². The van der Waals surface area contributed by atoms with Gasteiger partial charge in [0, 0.05) is 5.56 Å². The SMILES string of the molecule is C#Cc1cccc(OCc2c(F)cccc2F)c1. The van der Waals surface area contributed by atoms with Crippen LogP contribution in [0.15, 0.2) is 42.5 Å². The van der Waals surface area contributed by atoms with Gasteiger partial charge in [0.25, 0.3) is 0 Å². The third-order valence-electron chi connectivity index (χ3n) is 2.45. The van der Waals surface area contributed by atoms with E-state index in [0.717, 1.165) is 0 Å². The molecule has 0 aliphatic heterocycles. The number of halogens is 2. The molecule has 90 valence electrons. The van der Waals surface area contributed by atoms with Gasteiger partial charge in [-0.2, -0.15) is 0 Å². The summed E-state index contributed by atoms with van der Waals surface area (Å²) in [6.45, 7) is -0.174. The Morgan fingerprint density at radius 2 is 1.72 bits per heavy atom. The predicted octanol–water partition coefficient (Wildman–Crippen LogP) is 3.53. The van der Waals surface area contributed by atoms with E-state index in [1.54, 1.807) is 24.3 Å². The van der Waals surface area contributed by atoms with Crippen LogP contribution in [-0.2, 0) is 6.61 Å². The number of rotatable bonds is 3. The van der Waals surface area contributed by atoms with Gasteiger partial charge in [-0.15, -0.1) is 6.42 Å². The Bertz CT molecular complexity index is 579. The van der Waals surface area contributed by atoms with Crippen molar-refractivity contribution in [3.63, 3.8) is 0 Å². The highest BCUT2D eigenvalue weighted by Gasteiger charge is 2.08. The van der Waals surface area contributed by atoms with Crippen LogP contribution in [0.5, 0.6) is 5.75 Å². The molecule has 18 heavy (non-hydrogen) atoms. The minimum Gasteiger partial charge on any atom is -0.489 e. The second-order valence-electron chi connectivity index (χ2n) is 3.66. The van der Waals surface area contributed by atoms with Crippen LogP contribution < -0.4 is 4.74 Å². The Labute approximate surface area is 104 Å². The smallest absolute Gasteiger partial charge is 0.132 e. The lowest BCUT2D eigenvalue weighted by Crippen LogP contribution is -2.01. The van der Waals surface area contributed by atoms with Crippen LogP contribution in [0.3, 0.4) is 0 Å². The third-order valence-corrected chi connectivity index (χ3v) is 2.45. The van der Waals surface area contributed by atoms with Gasteiger partial charge < -0.3 is 4.74 Å². The van der Waals surface area contributed by atoms with Gasteiger partial charge in [0.1, 0.15) is 24.0 Å². The van der Waals surface area contributed by atoms with E-state index >= 15 is 0 Å². The molecule has 0 spiro atoms. The van der Waals surface area contributed by atoms with E-state index in [0.29, 0.717) is 11.3 Å². The van der Waals surface area contributed by atoms with Gasteiger partial charge in [-0.1, -0.05) is 18.1 Å². The molecule has 0 heterocycles. The lowest BCUT2D eigenvalue weighted by Gasteiger charge is -2.08. The van der Waals surface area contributed by atoms with Crippen LogP contribution in [0.1, 0.15) is 11.1 Å². The van der Waals surface area contributed by atoms with E-state index < -0.39 is 11.6 Å². The molecule has 0 bridgehead atoms. The number of hydrogen-bond donors (Lipinski definition) is 0. The summed E-state index contributed by atoms with van der Waals surface area (Å²) in [5.41, 5.74) is 0.560. The molecule has 0 saturated carbocycles. The van der Waals surface area contributed by atoms with Gasteiger partial charge in [-0.25, -0.2) is 8.78 Å². The maximum Gasteiger partial charge on any atom is 0.132 e. The first kappa shape index (κ1) is 12.1. The fourth-order valence-corrected chi connectivity index (χ4v) is 1.50. The zero-order chi connectivity index (χ0) is 13.0. The molecule has 1 nitrogen and oxygen atoms in total. The number of terminal acetylenes is 1. The lowest BCUT2D eigenvalue weighted by atomic mass is 10.2. The Kier molecular flexibility index (Phi) is 3.59. The summed E-state index contributed by atoms with van der Waals surface area (Å²) in [5.74, 6) is 1.70. The van der Waals surface area contributed by atoms with Crippen molar-refractivity contribution in [2.75, 3.05) is 0 Å². The molecule has 0 aliphatic rings. The summed E-state index contributed by atoms with van der Waals surface area (Å²) in [5, 5.41) is 0. The highest BCUT2D eigenvalue weighted by Crippen LogP contribution is 2.17.